The lowest BCUT2D eigenvalue weighted by molar-refractivity contribution is -0.137. The predicted molar refractivity (Wildman–Crippen MR) is 81.4 cm³/mol. The molecule has 2 rings (SSSR count). The van der Waals surface area contributed by atoms with Crippen molar-refractivity contribution >= 4 is 18.3 Å². The van der Waals surface area contributed by atoms with Crippen LogP contribution in [0.3, 0.4) is 0 Å². The normalized spacial score (nSPS) is 23.9. The smallest absolute Gasteiger partial charge is 0.226 e. The van der Waals surface area contributed by atoms with E-state index in [9.17, 15) is 4.79 Å². The first-order chi connectivity index (χ1) is 8.72. The molecular formula is C15H29ClN2O. The molecule has 0 saturated heterocycles. The first-order valence-electron chi connectivity index (χ1n) is 7.73. The third-order valence-electron chi connectivity index (χ3n) is 5.26. The lowest BCUT2D eigenvalue weighted by Gasteiger charge is -2.41. The summed E-state index contributed by atoms with van der Waals surface area (Å²) in [7, 11) is 0. The van der Waals surface area contributed by atoms with Crippen LogP contribution in [-0.4, -0.2) is 18.5 Å². The van der Waals surface area contributed by atoms with E-state index >= 15 is 0 Å². The molecule has 4 heteroatoms. The quantitative estimate of drug-likeness (QED) is 0.817. The highest BCUT2D eigenvalue weighted by Crippen LogP contribution is 2.44. The van der Waals surface area contributed by atoms with Crippen molar-refractivity contribution < 1.29 is 4.79 Å². The molecule has 0 aromatic rings. The molecule has 112 valence electrons. The minimum atomic E-state index is -0.0535. The van der Waals surface area contributed by atoms with E-state index in [2.05, 4.69) is 12.2 Å². The molecule has 1 unspecified atom stereocenters. The minimum absolute atomic E-state index is 0. The number of carbonyl (C=O) groups is 1. The maximum Gasteiger partial charge on any atom is 0.226 e. The van der Waals surface area contributed by atoms with Crippen molar-refractivity contribution in [1.29, 1.82) is 0 Å². The number of carbonyl (C=O) groups excluding carboxylic acids is 1. The van der Waals surface area contributed by atoms with Crippen molar-refractivity contribution in [3.05, 3.63) is 0 Å². The monoisotopic (exact) mass is 288 g/mol. The Bertz CT molecular complexity index is 280. The van der Waals surface area contributed by atoms with Gasteiger partial charge >= 0.3 is 0 Å². The van der Waals surface area contributed by atoms with Gasteiger partial charge in [0.2, 0.25) is 5.91 Å². The van der Waals surface area contributed by atoms with Crippen LogP contribution < -0.4 is 11.1 Å². The lowest BCUT2D eigenvalue weighted by atomic mass is 9.66. The molecule has 0 bridgehead atoms. The van der Waals surface area contributed by atoms with Crippen LogP contribution in [0, 0.1) is 11.3 Å². The summed E-state index contributed by atoms with van der Waals surface area (Å²) >= 11 is 0. The molecule has 0 radical (unpaired) electrons. The molecule has 1 atom stereocenters. The molecule has 0 aromatic carbocycles. The molecule has 0 heterocycles. The fraction of sp³-hybridized carbons (Fsp3) is 0.933. The second kappa shape index (κ2) is 7.49. The lowest BCUT2D eigenvalue weighted by Crippen LogP contribution is -2.53. The third-order valence-corrected chi connectivity index (χ3v) is 5.26. The second-order valence-electron chi connectivity index (χ2n) is 6.20. The highest BCUT2D eigenvalue weighted by Gasteiger charge is 2.43. The van der Waals surface area contributed by atoms with E-state index in [1.807, 2.05) is 0 Å². The molecule has 2 saturated carbocycles. The van der Waals surface area contributed by atoms with Crippen LogP contribution in [0.4, 0.5) is 0 Å². The average Bonchev–Trinajstić information content (AvgIpc) is 2.36. The molecule has 0 aliphatic heterocycles. The van der Waals surface area contributed by atoms with E-state index in [0.29, 0.717) is 12.5 Å². The number of hydrogen-bond acceptors (Lipinski definition) is 2. The van der Waals surface area contributed by atoms with Crippen LogP contribution in [0.1, 0.15) is 64.7 Å². The number of halogens is 1. The zero-order valence-corrected chi connectivity index (χ0v) is 12.9. The van der Waals surface area contributed by atoms with Gasteiger partial charge in [-0.25, -0.2) is 0 Å². The van der Waals surface area contributed by atoms with Crippen LogP contribution in [0.2, 0.25) is 0 Å². The SMILES string of the molecule is CCC1(C(=O)NC(CN)C2CCCCC2)CCC1.Cl. The van der Waals surface area contributed by atoms with Crippen LogP contribution in [0.5, 0.6) is 0 Å². The Balaban J connectivity index is 0.00000180. The average molecular weight is 289 g/mol. The van der Waals surface area contributed by atoms with Crippen molar-refractivity contribution in [1.82, 2.24) is 5.32 Å². The van der Waals surface area contributed by atoms with Crippen LogP contribution in [0.15, 0.2) is 0 Å². The molecule has 1 amide bonds. The fourth-order valence-electron chi connectivity index (χ4n) is 3.57. The Labute approximate surface area is 123 Å². The summed E-state index contributed by atoms with van der Waals surface area (Å²) in [6, 6.07) is 0.210. The molecule has 2 aliphatic rings. The summed E-state index contributed by atoms with van der Waals surface area (Å²) in [6.07, 6.45) is 10.7. The molecular weight excluding hydrogens is 260 g/mol. The molecule has 2 fully saturated rings. The third kappa shape index (κ3) is 3.63. The summed E-state index contributed by atoms with van der Waals surface area (Å²) < 4.78 is 0. The van der Waals surface area contributed by atoms with Crippen LogP contribution in [-0.2, 0) is 4.79 Å². The molecule has 19 heavy (non-hydrogen) atoms. The molecule has 3 nitrogen and oxygen atoms in total. The van der Waals surface area contributed by atoms with Gasteiger partial charge in [0.05, 0.1) is 0 Å². The Hall–Kier alpha value is -0.280. The Morgan fingerprint density at radius 2 is 1.89 bits per heavy atom. The van der Waals surface area contributed by atoms with Crippen molar-refractivity contribution in [2.24, 2.45) is 17.1 Å². The fourth-order valence-corrected chi connectivity index (χ4v) is 3.57. The van der Waals surface area contributed by atoms with Gasteiger partial charge in [-0.05, 0) is 38.0 Å². The molecule has 2 aliphatic carbocycles. The van der Waals surface area contributed by atoms with E-state index in [1.54, 1.807) is 0 Å². The van der Waals surface area contributed by atoms with E-state index in [-0.39, 0.29) is 29.8 Å². The van der Waals surface area contributed by atoms with Gasteiger partial charge in [0, 0.05) is 18.0 Å². The van der Waals surface area contributed by atoms with Gasteiger partial charge in [0.15, 0.2) is 0 Å². The van der Waals surface area contributed by atoms with E-state index in [0.717, 1.165) is 19.3 Å². The van der Waals surface area contributed by atoms with E-state index in [4.69, 9.17) is 5.73 Å². The topological polar surface area (TPSA) is 55.1 Å². The zero-order valence-electron chi connectivity index (χ0n) is 12.1. The van der Waals surface area contributed by atoms with Gasteiger partial charge in [-0.3, -0.25) is 4.79 Å². The van der Waals surface area contributed by atoms with Crippen LogP contribution in [0.25, 0.3) is 0 Å². The maximum atomic E-state index is 12.4. The van der Waals surface area contributed by atoms with Crippen LogP contribution >= 0.6 is 12.4 Å². The first kappa shape index (κ1) is 16.8. The van der Waals surface area contributed by atoms with Crippen molar-refractivity contribution in [2.45, 2.75) is 70.8 Å². The molecule has 0 aromatic heterocycles. The number of rotatable bonds is 5. The van der Waals surface area contributed by atoms with E-state index < -0.39 is 0 Å². The van der Waals surface area contributed by atoms with Gasteiger partial charge in [-0.15, -0.1) is 12.4 Å². The Kier molecular flexibility index (Phi) is 6.61. The van der Waals surface area contributed by atoms with Gasteiger partial charge in [0.1, 0.15) is 0 Å². The first-order valence-corrected chi connectivity index (χ1v) is 7.73. The molecule has 0 spiro atoms. The van der Waals surface area contributed by atoms with Crippen molar-refractivity contribution in [2.75, 3.05) is 6.54 Å². The zero-order chi connectivity index (χ0) is 13.0. The van der Waals surface area contributed by atoms with Gasteiger partial charge < -0.3 is 11.1 Å². The summed E-state index contributed by atoms with van der Waals surface area (Å²) in [5.74, 6) is 0.888. The number of amides is 1. The van der Waals surface area contributed by atoms with Crippen molar-refractivity contribution in [3.63, 3.8) is 0 Å². The highest BCUT2D eigenvalue weighted by atomic mass is 35.5. The van der Waals surface area contributed by atoms with Crippen molar-refractivity contribution in [3.8, 4) is 0 Å². The molecule has 3 N–H and O–H groups in total. The second-order valence-corrected chi connectivity index (χ2v) is 6.20. The highest BCUT2D eigenvalue weighted by molar-refractivity contribution is 5.85. The predicted octanol–water partition coefficient (Wildman–Crippen LogP) is 3.01. The van der Waals surface area contributed by atoms with Gasteiger partial charge in [0.25, 0.3) is 0 Å². The summed E-state index contributed by atoms with van der Waals surface area (Å²) in [5, 5.41) is 3.27. The maximum absolute atomic E-state index is 12.4. The van der Waals surface area contributed by atoms with Gasteiger partial charge in [-0.1, -0.05) is 32.6 Å². The summed E-state index contributed by atoms with van der Waals surface area (Å²) in [4.78, 5) is 12.4. The van der Waals surface area contributed by atoms with E-state index in [1.165, 1.54) is 38.5 Å². The number of nitrogens with two attached hydrogens (primary N) is 1. The summed E-state index contributed by atoms with van der Waals surface area (Å²) in [6.45, 7) is 2.73. The number of nitrogens with one attached hydrogen (secondary N) is 1. The summed E-state index contributed by atoms with van der Waals surface area (Å²) in [5.41, 5.74) is 5.83. The number of hydrogen-bond donors (Lipinski definition) is 2. The van der Waals surface area contributed by atoms with Gasteiger partial charge in [-0.2, -0.15) is 0 Å². The Morgan fingerprint density at radius 3 is 2.32 bits per heavy atom. The Morgan fingerprint density at radius 1 is 1.26 bits per heavy atom. The minimum Gasteiger partial charge on any atom is -0.351 e. The largest absolute Gasteiger partial charge is 0.351 e. The standard InChI is InChI=1S/C15H28N2O.ClH/c1-2-15(9-6-10-15)14(18)17-13(11-16)12-7-4-3-5-8-12;/h12-13H,2-11,16H2,1H3,(H,17,18);1H.